The van der Waals surface area contributed by atoms with Crippen LogP contribution in [0.4, 0.5) is 0 Å². The summed E-state index contributed by atoms with van der Waals surface area (Å²) in [4.78, 5) is 29.4. The molecule has 2 aromatic heterocycles. The first-order valence-electron chi connectivity index (χ1n) is 17.2. The molecule has 2 bridgehead atoms. The van der Waals surface area contributed by atoms with Crippen molar-refractivity contribution in [3.8, 4) is 17.0 Å². The van der Waals surface area contributed by atoms with Gasteiger partial charge in [0, 0.05) is 30.1 Å². The third-order valence-electron chi connectivity index (χ3n) is 11.1. The van der Waals surface area contributed by atoms with Crippen molar-refractivity contribution in [3.63, 3.8) is 0 Å². The topological polar surface area (TPSA) is 116 Å². The van der Waals surface area contributed by atoms with Crippen LogP contribution in [0.2, 0.25) is 0 Å². The molecule has 9 rings (SSSR count). The number of aromatic nitrogens is 2. The summed E-state index contributed by atoms with van der Waals surface area (Å²) >= 11 is 0. The van der Waals surface area contributed by atoms with Gasteiger partial charge in [-0.2, -0.15) is 0 Å². The van der Waals surface area contributed by atoms with Gasteiger partial charge in [-0.3, -0.25) is 19.1 Å². The van der Waals surface area contributed by atoms with E-state index in [-0.39, 0.29) is 5.91 Å². The fraction of sp³-hybridized carbons (Fsp3) is 0.459. The van der Waals surface area contributed by atoms with Crippen molar-refractivity contribution < 1.29 is 27.2 Å². The number of fused-ring (bicyclic) bond motifs is 3. The van der Waals surface area contributed by atoms with Crippen LogP contribution in [0.25, 0.3) is 34.6 Å². The lowest BCUT2D eigenvalue weighted by molar-refractivity contribution is -0.131. The number of rotatable bonds is 9. The Morgan fingerprint density at radius 3 is 2.23 bits per heavy atom. The zero-order valence-corrected chi connectivity index (χ0v) is 28.4. The van der Waals surface area contributed by atoms with Crippen LogP contribution < -0.4 is 20.6 Å². The van der Waals surface area contributed by atoms with E-state index in [0.717, 1.165) is 79.3 Å². The molecule has 2 amide bonds. The molecule has 3 saturated carbocycles. The molecule has 3 fully saturated rings. The average Bonchev–Trinajstić information content (AvgIpc) is 3.53. The molecule has 2 aromatic carbocycles. The highest BCUT2D eigenvalue weighted by molar-refractivity contribution is 7.90. The van der Waals surface area contributed by atoms with Crippen LogP contribution in [0.15, 0.2) is 46.9 Å². The van der Waals surface area contributed by atoms with Gasteiger partial charge in [0.05, 0.1) is 35.9 Å². The van der Waals surface area contributed by atoms with Crippen molar-refractivity contribution >= 4 is 45.1 Å². The van der Waals surface area contributed by atoms with E-state index in [2.05, 4.69) is 21.4 Å². The number of nitrogens with one attached hydrogen (secondary N) is 1. The van der Waals surface area contributed by atoms with Crippen molar-refractivity contribution in [2.45, 2.75) is 88.3 Å². The number of nitrogens with zero attached hydrogens (tertiary/aromatic N) is 3. The van der Waals surface area contributed by atoms with Crippen molar-refractivity contribution in [1.82, 2.24) is 18.8 Å². The second-order valence-corrected chi connectivity index (χ2v) is 16.1. The predicted molar refractivity (Wildman–Crippen MR) is 183 cm³/mol. The van der Waals surface area contributed by atoms with Crippen molar-refractivity contribution in [3.05, 3.63) is 64.7 Å². The highest BCUT2D eigenvalue weighted by Crippen LogP contribution is 2.52. The number of hydrogen-bond donors (Lipinski definition) is 1. The van der Waals surface area contributed by atoms with Gasteiger partial charge in [-0.05, 0) is 92.0 Å². The van der Waals surface area contributed by atoms with Gasteiger partial charge in [0.15, 0.2) is 0 Å². The Bertz CT molecular complexity index is 2110. The molecule has 4 aromatic rings. The van der Waals surface area contributed by atoms with E-state index in [1.807, 2.05) is 35.9 Å². The Morgan fingerprint density at radius 1 is 0.938 bits per heavy atom. The summed E-state index contributed by atoms with van der Waals surface area (Å²) < 4.78 is 43.8. The summed E-state index contributed by atoms with van der Waals surface area (Å²) in [5, 5.41) is 0.509. The minimum absolute atomic E-state index is 0.0206. The van der Waals surface area contributed by atoms with Crippen molar-refractivity contribution in [1.29, 1.82) is 0 Å². The molecule has 3 aliphatic carbocycles. The number of benzene rings is 2. The van der Waals surface area contributed by atoms with E-state index in [0.29, 0.717) is 42.0 Å². The van der Waals surface area contributed by atoms with Crippen LogP contribution >= 0.6 is 0 Å². The molecule has 0 atom stereocenters. The Hall–Kier alpha value is -4.25. The summed E-state index contributed by atoms with van der Waals surface area (Å²) in [6.07, 6.45) is 13.5. The first-order chi connectivity index (χ1) is 23.2. The second kappa shape index (κ2) is 11.7. The number of hydrogen-bond acceptors (Lipinski definition) is 6. The zero-order chi connectivity index (χ0) is 33.2. The lowest BCUT2D eigenvalue weighted by atomic mass is 9.81. The van der Waals surface area contributed by atoms with Crippen LogP contribution in [-0.4, -0.2) is 46.6 Å². The molecule has 4 heterocycles. The highest BCUT2D eigenvalue weighted by atomic mass is 32.2. The number of amides is 2. The van der Waals surface area contributed by atoms with Gasteiger partial charge in [0.25, 0.3) is 5.91 Å². The SMILES string of the molecule is COc1ccc(-c2c(C3CCCCC3)c3ccc(C(=O)NS(=O)(=O)C4CCCC4)cc3n2CC2(C(=O)N3C=c4oc(n4C)=C3)CC2)cc1. The summed E-state index contributed by atoms with van der Waals surface area (Å²) in [5.41, 5.74) is 5.10. The molecule has 0 unspecified atom stereocenters. The minimum atomic E-state index is -3.78. The second-order valence-electron chi connectivity index (χ2n) is 14.1. The van der Waals surface area contributed by atoms with Gasteiger partial charge in [-0.25, -0.2) is 13.1 Å². The molecule has 11 heteroatoms. The van der Waals surface area contributed by atoms with Crippen LogP contribution in [0.3, 0.4) is 0 Å². The van der Waals surface area contributed by atoms with E-state index >= 15 is 0 Å². The number of sulfonamides is 1. The van der Waals surface area contributed by atoms with E-state index in [9.17, 15) is 18.0 Å². The summed E-state index contributed by atoms with van der Waals surface area (Å²) in [5.74, 6) is 0.485. The Balaban J connectivity index is 1.26. The largest absolute Gasteiger partial charge is 0.497 e. The maximum absolute atomic E-state index is 14.2. The molecule has 0 spiro atoms. The van der Waals surface area contributed by atoms with E-state index in [1.165, 1.54) is 12.0 Å². The molecular formula is C37H42N4O6S. The van der Waals surface area contributed by atoms with Gasteiger partial charge >= 0.3 is 0 Å². The maximum atomic E-state index is 14.2. The Morgan fingerprint density at radius 2 is 1.60 bits per heavy atom. The predicted octanol–water partition coefficient (Wildman–Crippen LogP) is 5.10. The van der Waals surface area contributed by atoms with E-state index in [1.54, 1.807) is 30.5 Å². The first-order valence-corrected chi connectivity index (χ1v) is 18.8. The smallest absolute Gasteiger partial charge is 0.264 e. The molecule has 10 nitrogen and oxygen atoms in total. The lowest BCUT2D eigenvalue weighted by Crippen LogP contribution is -2.48. The molecule has 5 aliphatic rings. The molecule has 0 radical (unpaired) electrons. The van der Waals surface area contributed by atoms with Crippen LogP contribution in [0.1, 0.15) is 92.5 Å². The number of methoxy groups -OCH3 is 1. The van der Waals surface area contributed by atoms with Gasteiger partial charge in [0.2, 0.25) is 27.0 Å². The normalized spacial score (nSPS) is 19.2. The fourth-order valence-electron chi connectivity index (χ4n) is 8.12. The Kier molecular flexibility index (Phi) is 7.58. The molecule has 0 saturated heterocycles. The number of ether oxygens (including phenoxy) is 1. The first kappa shape index (κ1) is 31.0. The number of carbonyl (C=O) groups excluding carboxylic acids is 2. The molecule has 2 aliphatic heterocycles. The van der Waals surface area contributed by atoms with Gasteiger partial charge in [-0.15, -0.1) is 0 Å². The summed E-state index contributed by atoms with van der Waals surface area (Å²) in [6, 6.07) is 13.6. The average molecular weight is 671 g/mol. The third kappa shape index (κ3) is 5.27. The van der Waals surface area contributed by atoms with Crippen LogP contribution in [0, 0.1) is 5.41 Å². The lowest BCUT2D eigenvalue weighted by Gasteiger charge is -2.27. The standard InChI is InChI=1S/C37H42N4O6S/c1-39-31-21-40(22-32(39)47-31)36(43)37(18-19-37)23-41-30-20-26(35(42)38-48(44,45)28-10-6-7-11-28)14-17-29(30)33(24-8-4-3-5-9-24)34(41)25-12-15-27(46-2)16-13-25/h12-17,20-22,24,28H,3-11,18-19,23H2,1-2H3,(H,38,42). The van der Waals surface area contributed by atoms with Crippen molar-refractivity contribution in [2.24, 2.45) is 12.5 Å². The fourth-order valence-corrected chi connectivity index (χ4v) is 9.61. The van der Waals surface area contributed by atoms with Crippen LogP contribution in [0.5, 0.6) is 5.75 Å². The third-order valence-corrected chi connectivity index (χ3v) is 12.9. The molecule has 48 heavy (non-hydrogen) atoms. The minimum Gasteiger partial charge on any atom is -0.497 e. The van der Waals surface area contributed by atoms with Gasteiger partial charge in [-0.1, -0.05) is 38.2 Å². The van der Waals surface area contributed by atoms with Gasteiger partial charge in [0.1, 0.15) is 5.75 Å². The van der Waals surface area contributed by atoms with E-state index in [4.69, 9.17) is 9.15 Å². The summed E-state index contributed by atoms with van der Waals surface area (Å²) in [6.45, 7) is 0.432. The molecule has 252 valence electrons. The van der Waals surface area contributed by atoms with E-state index < -0.39 is 26.6 Å². The quantitative estimate of drug-likeness (QED) is 0.265. The monoisotopic (exact) mass is 670 g/mol. The maximum Gasteiger partial charge on any atom is 0.264 e. The highest BCUT2D eigenvalue weighted by Gasteiger charge is 2.52. The van der Waals surface area contributed by atoms with Crippen LogP contribution in [-0.2, 0) is 28.4 Å². The van der Waals surface area contributed by atoms with Crippen molar-refractivity contribution in [2.75, 3.05) is 7.11 Å². The molecule has 1 N–H and O–H groups in total. The zero-order valence-electron chi connectivity index (χ0n) is 27.5. The van der Waals surface area contributed by atoms with Gasteiger partial charge < -0.3 is 13.7 Å². The number of carbonyl (C=O) groups is 2. The molecular weight excluding hydrogens is 628 g/mol. The summed E-state index contributed by atoms with van der Waals surface area (Å²) in [7, 11) is -0.223. The Labute approximate surface area is 280 Å².